The number of alkyl halides is 3. The minimum Gasteiger partial charge on any atom is -0.346 e. The second-order valence-electron chi connectivity index (χ2n) is 14.9. The zero-order valence-corrected chi connectivity index (χ0v) is 29.1. The highest BCUT2D eigenvalue weighted by atomic mass is 19.4. The molecule has 1 aromatic heterocycles. The molecule has 6 atom stereocenters. The summed E-state index contributed by atoms with van der Waals surface area (Å²) in [5.41, 5.74) is -1.47. The Kier molecular flexibility index (Phi) is 12.1. The monoisotopic (exact) mass is 694 g/mol. The molecule has 0 radical (unpaired) electrons. The Balaban J connectivity index is 1.84. The fourth-order valence-corrected chi connectivity index (χ4v) is 6.46. The predicted molar refractivity (Wildman–Crippen MR) is 176 cm³/mol. The SMILES string of the molecule is C=CCNC(=O)C(=O)C(CCC(F)(F)F)NC(=O)[C@@H]1[C@@H]2[C@H](CN1C(=O)[C@@H](NC(=O)N[C@H](Cn1ccccc1=O)C(C)C)C(C)(C)C)C2(C)C. The summed E-state index contributed by atoms with van der Waals surface area (Å²) in [5.74, 6) is -4.41. The van der Waals surface area contributed by atoms with Crippen molar-refractivity contribution < 1.29 is 37.1 Å². The van der Waals surface area contributed by atoms with Gasteiger partial charge < -0.3 is 30.7 Å². The number of nitrogens with one attached hydrogen (secondary N) is 4. The van der Waals surface area contributed by atoms with E-state index in [0.29, 0.717) is 0 Å². The highest BCUT2D eigenvalue weighted by Crippen LogP contribution is 2.65. The van der Waals surface area contributed by atoms with Crippen molar-refractivity contribution in [3.63, 3.8) is 0 Å². The number of urea groups is 1. The van der Waals surface area contributed by atoms with Crippen LogP contribution in [-0.4, -0.2) is 82.4 Å². The molecule has 1 aliphatic carbocycles. The summed E-state index contributed by atoms with van der Waals surface area (Å²) in [7, 11) is 0. The molecular weight excluding hydrogens is 645 g/mol. The topological polar surface area (TPSA) is 159 Å². The summed E-state index contributed by atoms with van der Waals surface area (Å²) in [5, 5.41) is 10.2. The highest BCUT2D eigenvalue weighted by molar-refractivity contribution is 6.38. The number of hydrogen-bond acceptors (Lipinski definition) is 6. The van der Waals surface area contributed by atoms with E-state index in [0.717, 1.165) is 0 Å². The van der Waals surface area contributed by atoms with Crippen molar-refractivity contribution in [3.05, 3.63) is 47.4 Å². The Morgan fingerprint density at radius 1 is 1.06 bits per heavy atom. The summed E-state index contributed by atoms with van der Waals surface area (Å²) >= 11 is 0. The van der Waals surface area contributed by atoms with Crippen molar-refractivity contribution in [3.8, 4) is 0 Å². The Hall–Kier alpha value is -4.17. The van der Waals surface area contributed by atoms with E-state index < -0.39 is 78.1 Å². The first-order valence-electron chi connectivity index (χ1n) is 16.4. The van der Waals surface area contributed by atoms with Crippen LogP contribution >= 0.6 is 0 Å². The lowest BCUT2D eigenvalue weighted by molar-refractivity contribution is -0.148. The van der Waals surface area contributed by atoms with Gasteiger partial charge in [0.1, 0.15) is 12.1 Å². The first-order chi connectivity index (χ1) is 22.6. The first-order valence-corrected chi connectivity index (χ1v) is 16.4. The van der Waals surface area contributed by atoms with E-state index in [-0.39, 0.29) is 48.4 Å². The maximum atomic E-state index is 14.2. The van der Waals surface area contributed by atoms with E-state index in [9.17, 15) is 41.9 Å². The smallest absolute Gasteiger partial charge is 0.346 e. The number of carbonyl (C=O) groups excluding carboxylic acids is 5. The van der Waals surface area contributed by atoms with Gasteiger partial charge in [0.05, 0.1) is 12.1 Å². The summed E-state index contributed by atoms with van der Waals surface area (Å²) in [6.07, 6.45) is -4.05. The van der Waals surface area contributed by atoms with E-state index in [1.165, 1.54) is 21.6 Å². The first kappa shape index (κ1) is 39.3. The molecular formula is C34H49F3N6O6. The fraction of sp³-hybridized carbons (Fsp3) is 0.647. The highest BCUT2D eigenvalue weighted by Gasteiger charge is 2.70. The van der Waals surface area contributed by atoms with Gasteiger partial charge in [-0.2, -0.15) is 13.2 Å². The van der Waals surface area contributed by atoms with Crippen LogP contribution in [0, 0.1) is 28.6 Å². The third-order valence-electron chi connectivity index (χ3n) is 9.54. The van der Waals surface area contributed by atoms with Gasteiger partial charge in [-0.1, -0.05) is 60.6 Å². The van der Waals surface area contributed by atoms with Crippen molar-refractivity contribution >= 4 is 29.5 Å². The lowest BCUT2D eigenvalue weighted by Gasteiger charge is -2.38. The van der Waals surface area contributed by atoms with Gasteiger partial charge in [-0.05, 0) is 41.1 Å². The van der Waals surface area contributed by atoms with Crippen LogP contribution < -0.4 is 26.8 Å². The van der Waals surface area contributed by atoms with Gasteiger partial charge in [0, 0.05) is 38.3 Å². The van der Waals surface area contributed by atoms with Crippen LogP contribution in [0.25, 0.3) is 0 Å². The molecule has 2 aliphatic rings. The van der Waals surface area contributed by atoms with Crippen LogP contribution in [0.15, 0.2) is 41.8 Å². The maximum absolute atomic E-state index is 14.2. The number of halogens is 3. The number of likely N-dealkylation sites (tertiary alicyclic amines) is 1. The van der Waals surface area contributed by atoms with Crippen molar-refractivity contribution in [2.45, 2.75) is 98.2 Å². The molecule has 1 saturated carbocycles. The number of carbonyl (C=O) groups is 5. The number of amides is 5. The number of aromatic nitrogens is 1. The minimum absolute atomic E-state index is 0.0884. The molecule has 0 bridgehead atoms. The third-order valence-corrected chi connectivity index (χ3v) is 9.54. The molecule has 15 heteroatoms. The van der Waals surface area contributed by atoms with Gasteiger partial charge in [-0.25, -0.2) is 4.79 Å². The molecule has 12 nitrogen and oxygen atoms in total. The molecule has 1 unspecified atom stereocenters. The molecule has 1 aromatic rings. The molecule has 2 heterocycles. The van der Waals surface area contributed by atoms with Crippen molar-refractivity contribution in [2.75, 3.05) is 13.1 Å². The summed E-state index contributed by atoms with van der Waals surface area (Å²) in [6, 6.07) is -0.503. The number of rotatable bonds is 14. The molecule has 0 aromatic carbocycles. The lowest BCUT2D eigenvalue weighted by Crippen LogP contribution is -2.62. The van der Waals surface area contributed by atoms with Gasteiger partial charge in [-0.15, -0.1) is 6.58 Å². The quantitative estimate of drug-likeness (QED) is 0.173. The van der Waals surface area contributed by atoms with Crippen LogP contribution in [-0.2, 0) is 25.7 Å². The third kappa shape index (κ3) is 9.72. The van der Waals surface area contributed by atoms with Crippen LogP contribution in [0.1, 0.15) is 61.3 Å². The predicted octanol–water partition coefficient (Wildman–Crippen LogP) is 2.77. The van der Waals surface area contributed by atoms with E-state index in [2.05, 4.69) is 27.8 Å². The standard InChI is InChI=1S/C34H49F3N6O6/c1-9-15-38-29(47)26(45)21(13-14-34(35,36)37)39-28(46)25-24-20(33(24,7)8)17-43(25)30(48)27(32(4,5)6)41-31(49)40-22(19(2)3)18-42-16-11-10-12-23(42)44/h9-12,16,19-22,24-25,27H,1,13-15,17-18H2,2-8H3,(H,38,47)(H,39,46)(H2,40,41,49)/t20-,21?,22+,24-,25-,27+/m0/s1. The van der Waals surface area contributed by atoms with Gasteiger partial charge in [-0.3, -0.25) is 24.0 Å². The van der Waals surface area contributed by atoms with Crippen LogP contribution in [0.2, 0.25) is 0 Å². The number of fused-ring (bicyclic) bond motifs is 1. The molecule has 1 aliphatic heterocycles. The Morgan fingerprint density at radius 2 is 1.71 bits per heavy atom. The molecule has 2 fully saturated rings. The van der Waals surface area contributed by atoms with E-state index in [1.54, 1.807) is 39.1 Å². The second-order valence-corrected chi connectivity index (χ2v) is 14.9. The fourth-order valence-electron chi connectivity index (χ4n) is 6.46. The van der Waals surface area contributed by atoms with E-state index in [4.69, 9.17) is 0 Å². The van der Waals surface area contributed by atoms with Crippen molar-refractivity contribution in [1.29, 1.82) is 0 Å². The van der Waals surface area contributed by atoms with Gasteiger partial charge in [0.2, 0.25) is 17.6 Å². The number of nitrogens with zero attached hydrogens (tertiary/aromatic N) is 2. The van der Waals surface area contributed by atoms with E-state index >= 15 is 0 Å². The molecule has 4 N–H and O–H groups in total. The van der Waals surface area contributed by atoms with Crippen LogP contribution in [0.5, 0.6) is 0 Å². The van der Waals surface area contributed by atoms with Crippen molar-refractivity contribution in [2.24, 2.45) is 28.6 Å². The molecule has 0 spiro atoms. The number of pyridine rings is 1. The van der Waals surface area contributed by atoms with Gasteiger partial charge >= 0.3 is 12.2 Å². The second kappa shape index (κ2) is 15.2. The molecule has 49 heavy (non-hydrogen) atoms. The Labute approximate surface area is 284 Å². The van der Waals surface area contributed by atoms with E-state index in [1.807, 2.05) is 27.7 Å². The van der Waals surface area contributed by atoms with Crippen LogP contribution in [0.4, 0.5) is 18.0 Å². The number of ketones is 1. The molecule has 1 saturated heterocycles. The largest absolute Gasteiger partial charge is 0.389 e. The normalized spacial score (nSPS) is 21.5. The molecule has 3 rings (SSSR count). The van der Waals surface area contributed by atoms with Gasteiger partial charge in [0.25, 0.3) is 11.5 Å². The molecule has 5 amide bonds. The zero-order chi connectivity index (χ0) is 37.1. The maximum Gasteiger partial charge on any atom is 0.389 e. The van der Waals surface area contributed by atoms with Crippen molar-refractivity contribution in [1.82, 2.24) is 30.7 Å². The van der Waals surface area contributed by atoms with Gasteiger partial charge in [0.15, 0.2) is 0 Å². The lowest BCUT2D eigenvalue weighted by atomic mass is 9.85. The zero-order valence-electron chi connectivity index (χ0n) is 29.1. The number of Topliss-reactive ketones (excluding diaryl/α,β-unsaturated/α-hetero) is 1. The Bertz CT molecular complexity index is 1480. The number of piperidine rings is 1. The summed E-state index contributed by atoms with van der Waals surface area (Å²) < 4.78 is 41.0. The minimum atomic E-state index is -4.66. The average molecular weight is 695 g/mol. The molecule has 272 valence electrons. The number of hydrogen-bond donors (Lipinski definition) is 4. The summed E-state index contributed by atoms with van der Waals surface area (Å²) in [4.78, 5) is 80.4. The van der Waals surface area contributed by atoms with Crippen LogP contribution in [0.3, 0.4) is 0 Å². The average Bonchev–Trinajstić information content (AvgIpc) is 3.31. The Morgan fingerprint density at radius 3 is 2.27 bits per heavy atom. The summed E-state index contributed by atoms with van der Waals surface area (Å²) in [6.45, 7) is 16.5.